The molecule has 0 amide bonds. The number of H-pyrrole nitrogens is 1. The number of nitriles is 1. The SMILES string of the molecule is Cc1cc2nc(/C(C#N)=C\c3cccc(O)c3)[nH]c2cc1C. The molecule has 0 saturated heterocycles. The van der Waals surface area contributed by atoms with Gasteiger partial charge in [0.15, 0.2) is 0 Å². The van der Waals surface area contributed by atoms with Gasteiger partial charge >= 0.3 is 0 Å². The Balaban J connectivity index is 2.09. The lowest BCUT2D eigenvalue weighted by Gasteiger charge is -1.97. The summed E-state index contributed by atoms with van der Waals surface area (Å²) in [5, 5.41) is 18.9. The average molecular weight is 289 g/mol. The van der Waals surface area contributed by atoms with E-state index in [2.05, 4.69) is 16.0 Å². The number of nitrogens with zero attached hydrogens (tertiary/aromatic N) is 2. The molecule has 2 aromatic carbocycles. The molecular weight excluding hydrogens is 274 g/mol. The van der Waals surface area contributed by atoms with E-state index in [1.54, 1.807) is 24.3 Å². The van der Waals surface area contributed by atoms with Gasteiger partial charge in [0.25, 0.3) is 0 Å². The molecule has 0 aliphatic heterocycles. The van der Waals surface area contributed by atoms with Crippen LogP contribution in [0.15, 0.2) is 36.4 Å². The number of benzene rings is 2. The largest absolute Gasteiger partial charge is 0.508 e. The monoisotopic (exact) mass is 289 g/mol. The number of hydrogen-bond acceptors (Lipinski definition) is 3. The second-order valence-corrected chi connectivity index (χ2v) is 5.30. The quantitative estimate of drug-likeness (QED) is 0.701. The zero-order chi connectivity index (χ0) is 15.7. The van der Waals surface area contributed by atoms with Gasteiger partial charge in [0.2, 0.25) is 0 Å². The minimum atomic E-state index is 0.168. The van der Waals surface area contributed by atoms with E-state index in [1.165, 1.54) is 11.1 Å². The van der Waals surface area contributed by atoms with E-state index in [1.807, 2.05) is 32.0 Å². The molecule has 0 saturated carbocycles. The summed E-state index contributed by atoms with van der Waals surface area (Å²) in [5.41, 5.74) is 5.28. The maximum absolute atomic E-state index is 9.51. The lowest BCUT2D eigenvalue weighted by molar-refractivity contribution is 0.475. The average Bonchev–Trinajstić information content (AvgIpc) is 2.88. The summed E-state index contributed by atoms with van der Waals surface area (Å²) in [6, 6.07) is 13.0. The molecule has 4 nitrogen and oxygen atoms in total. The van der Waals surface area contributed by atoms with Crippen molar-refractivity contribution in [1.29, 1.82) is 5.26 Å². The van der Waals surface area contributed by atoms with Crippen LogP contribution in [0.3, 0.4) is 0 Å². The van der Waals surface area contributed by atoms with E-state index in [9.17, 15) is 10.4 Å². The number of aromatic amines is 1. The van der Waals surface area contributed by atoms with Crippen molar-refractivity contribution in [3.63, 3.8) is 0 Å². The maximum Gasteiger partial charge on any atom is 0.149 e. The van der Waals surface area contributed by atoms with E-state index < -0.39 is 0 Å². The highest BCUT2D eigenvalue weighted by Crippen LogP contribution is 2.22. The van der Waals surface area contributed by atoms with E-state index in [0.29, 0.717) is 11.4 Å². The van der Waals surface area contributed by atoms with E-state index >= 15 is 0 Å². The molecule has 0 bridgehead atoms. The molecule has 0 atom stereocenters. The molecule has 3 aromatic rings. The molecule has 22 heavy (non-hydrogen) atoms. The Morgan fingerprint density at radius 2 is 2.00 bits per heavy atom. The van der Waals surface area contributed by atoms with Crippen LogP contribution in [-0.2, 0) is 0 Å². The molecular formula is C18H15N3O. The number of phenols is 1. The topological polar surface area (TPSA) is 72.7 Å². The maximum atomic E-state index is 9.51. The van der Waals surface area contributed by atoms with Gasteiger partial charge in [-0.3, -0.25) is 0 Å². The number of fused-ring (bicyclic) bond motifs is 1. The molecule has 1 aromatic heterocycles. The number of rotatable bonds is 2. The van der Waals surface area contributed by atoms with Crippen LogP contribution in [0.5, 0.6) is 5.75 Å². The summed E-state index contributed by atoms with van der Waals surface area (Å²) < 4.78 is 0. The lowest BCUT2D eigenvalue weighted by Crippen LogP contribution is -1.84. The van der Waals surface area contributed by atoms with Gasteiger partial charge in [-0.05, 0) is 60.9 Å². The highest BCUT2D eigenvalue weighted by molar-refractivity contribution is 5.90. The summed E-state index contributed by atoms with van der Waals surface area (Å²) in [5.74, 6) is 0.702. The summed E-state index contributed by atoms with van der Waals surface area (Å²) in [4.78, 5) is 7.68. The van der Waals surface area contributed by atoms with Gasteiger partial charge in [0.1, 0.15) is 17.6 Å². The second-order valence-electron chi connectivity index (χ2n) is 5.30. The Bertz CT molecular complexity index is 890. The zero-order valence-electron chi connectivity index (χ0n) is 12.4. The van der Waals surface area contributed by atoms with Crippen molar-refractivity contribution in [1.82, 2.24) is 9.97 Å². The van der Waals surface area contributed by atoms with Crippen molar-refractivity contribution in [2.24, 2.45) is 0 Å². The summed E-state index contributed by atoms with van der Waals surface area (Å²) >= 11 is 0. The molecule has 1 heterocycles. The number of hydrogen-bond donors (Lipinski definition) is 2. The smallest absolute Gasteiger partial charge is 0.149 e. The summed E-state index contributed by atoms with van der Waals surface area (Å²) in [7, 11) is 0. The third kappa shape index (κ3) is 2.57. The minimum Gasteiger partial charge on any atom is -0.508 e. The molecule has 4 heteroatoms. The Morgan fingerprint density at radius 3 is 2.73 bits per heavy atom. The number of aromatic nitrogens is 2. The lowest BCUT2D eigenvalue weighted by atomic mass is 10.1. The molecule has 0 aliphatic carbocycles. The number of nitrogens with one attached hydrogen (secondary N) is 1. The van der Waals surface area contributed by atoms with Crippen LogP contribution < -0.4 is 0 Å². The predicted molar refractivity (Wildman–Crippen MR) is 87.2 cm³/mol. The third-order valence-electron chi connectivity index (χ3n) is 3.65. The zero-order valence-corrected chi connectivity index (χ0v) is 12.4. The fourth-order valence-electron chi connectivity index (χ4n) is 2.33. The van der Waals surface area contributed by atoms with Crippen LogP contribution in [0, 0.1) is 25.2 Å². The standard InChI is InChI=1S/C18H15N3O/c1-11-6-16-17(7-12(11)2)21-18(20-16)14(10-19)8-13-4-3-5-15(22)9-13/h3-9,22H,1-2H3,(H,20,21)/b14-8-. The number of aryl methyl sites for hydroxylation is 2. The number of imidazole rings is 1. The van der Waals surface area contributed by atoms with Crippen LogP contribution in [0.2, 0.25) is 0 Å². The first kappa shape index (κ1) is 13.9. The van der Waals surface area contributed by atoms with Gasteiger partial charge in [0, 0.05) is 0 Å². The van der Waals surface area contributed by atoms with Crippen LogP contribution >= 0.6 is 0 Å². The first-order chi connectivity index (χ1) is 10.6. The molecule has 0 fully saturated rings. The van der Waals surface area contributed by atoms with E-state index in [4.69, 9.17) is 0 Å². The number of phenolic OH excluding ortho intramolecular Hbond substituents is 1. The Hall–Kier alpha value is -3.06. The van der Waals surface area contributed by atoms with Crippen molar-refractivity contribution in [2.45, 2.75) is 13.8 Å². The molecule has 0 aliphatic rings. The fraction of sp³-hybridized carbons (Fsp3) is 0.111. The normalized spacial score (nSPS) is 11.6. The minimum absolute atomic E-state index is 0.168. The van der Waals surface area contributed by atoms with Gasteiger partial charge in [-0.1, -0.05) is 12.1 Å². The second kappa shape index (κ2) is 5.38. The van der Waals surface area contributed by atoms with E-state index in [0.717, 1.165) is 16.6 Å². The number of aromatic hydroxyl groups is 1. The van der Waals surface area contributed by atoms with Gasteiger partial charge < -0.3 is 10.1 Å². The molecule has 0 unspecified atom stereocenters. The molecule has 108 valence electrons. The van der Waals surface area contributed by atoms with Crippen molar-refractivity contribution >= 4 is 22.7 Å². The predicted octanol–water partition coefficient (Wildman–Crippen LogP) is 3.95. The third-order valence-corrected chi connectivity index (χ3v) is 3.65. The highest BCUT2D eigenvalue weighted by atomic mass is 16.3. The number of allylic oxidation sites excluding steroid dienone is 1. The van der Waals surface area contributed by atoms with E-state index in [-0.39, 0.29) is 5.75 Å². The first-order valence-electron chi connectivity index (χ1n) is 6.95. The first-order valence-corrected chi connectivity index (χ1v) is 6.95. The van der Waals surface area contributed by atoms with Crippen LogP contribution in [0.4, 0.5) is 0 Å². The van der Waals surface area contributed by atoms with Gasteiger partial charge in [0.05, 0.1) is 16.6 Å². The highest BCUT2D eigenvalue weighted by Gasteiger charge is 2.09. The summed E-state index contributed by atoms with van der Waals surface area (Å²) in [6.45, 7) is 4.08. The van der Waals surface area contributed by atoms with Crippen LogP contribution in [0.1, 0.15) is 22.5 Å². The fourth-order valence-corrected chi connectivity index (χ4v) is 2.33. The van der Waals surface area contributed by atoms with Gasteiger partial charge in [-0.15, -0.1) is 0 Å². The molecule has 0 radical (unpaired) electrons. The Labute approximate surface area is 128 Å². The Morgan fingerprint density at radius 1 is 1.23 bits per heavy atom. The van der Waals surface area contributed by atoms with Crippen LogP contribution in [-0.4, -0.2) is 15.1 Å². The molecule has 3 rings (SSSR count). The van der Waals surface area contributed by atoms with Crippen molar-refractivity contribution < 1.29 is 5.11 Å². The molecule has 0 spiro atoms. The van der Waals surface area contributed by atoms with Crippen LogP contribution in [0.25, 0.3) is 22.7 Å². The van der Waals surface area contributed by atoms with Crippen molar-refractivity contribution in [3.05, 3.63) is 58.9 Å². The van der Waals surface area contributed by atoms with Gasteiger partial charge in [-0.25, -0.2) is 4.98 Å². The Kier molecular flexibility index (Phi) is 3.40. The molecule has 2 N–H and O–H groups in total. The summed E-state index contributed by atoms with van der Waals surface area (Å²) in [6.07, 6.45) is 1.71. The van der Waals surface area contributed by atoms with Crippen molar-refractivity contribution in [3.8, 4) is 11.8 Å². The van der Waals surface area contributed by atoms with Crippen molar-refractivity contribution in [2.75, 3.05) is 0 Å². The van der Waals surface area contributed by atoms with Gasteiger partial charge in [-0.2, -0.15) is 5.26 Å².